The van der Waals surface area contributed by atoms with Crippen LogP contribution < -0.4 is 0 Å². The number of rotatable bonds is 5. The lowest BCUT2D eigenvalue weighted by molar-refractivity contribution is -0.138. The third kappa shape index (κ3) is 4.32. The van der Waals surface area contributed by atoms with Gasteiger partial charge >= 0.3 is 6.18 Å². The van der Waals surface area contributed by atoms with E-state index in [-0.39, 0.29) is 4.34 Å². The SMILES string of the molecule is FC(F)(F)c1nnc(SCc2cc(Cc3ccccc3)on2)s1. The topological polar surface area (TPSA) is 51.8 Å². The van der Waals surface area contributed by atoms with Crippen LogP contribution in [-0.4, -0.2) is 15.4 Å². The van der Waals surface area contributed by atoms with E-state index in [1.807, 2.05) is 30.3 Å². The van der Waals surface area contributed by atoms with Crippen LogP contribution in [0, 0.1) is 0 Å². The summed E-state index contributed by atoms with van der Waals surface area (Å²) in [6.45, 7) is 0. The Morgan fingerprint density at radius 1 is 1.13 bits per heavy atom. The first-order valence-corrected chi connectivity index (χ1v) is 8.33. The molecule has 0 aliphatic heterocycles. The van der Waals surface area contributed by atoms with Gasteiger partial charge in [-0.3, -0.25) is 0 Å². The number of nitrogens with zero attached hydrogens (tertiary/aromatic N) is 3. The van der Waals surface area contributed by atoms with Crippen LogP contribution in [0.15, 0.2) is 45.3 Å². The molecule has 0 amide bonds. The number of alkyl halides is 3. The molecule has 0 radical (unpaired) electrons. The zero-order valence-electron chi connectivity index (χ0n) is 11.6. The fourth-order valence-corrected chi connectivity index (χ4v) is 3.42. The summed E-state index contributed by atoms with van der Waals surface area (Å²) in [7, 11) is 0. The zero-order chi connectivity index (χ0) is 16.3. The van der Waals surface area contributed by atoms with E-state index >= 15 is 0 Å². The van der Waals surface area contributed by atoms with Crippen LogP contribution in [0.25, 0.3) is 0 Å². The normalized spacial score (nSPS) is 11.8. The maximum atomic E-state index is 12.4. The summed E-state index contributed by atoms with van der Waals surface area (Å²) >= 11 is 1.68. The van der Waals surface area contributed by atoms with Crippen LogP contribution >= 0.6 is 23.1 Å². The second-order valence-electron chi connectivity index (χ2n) is 4.61. The predicted molar refractivity (Wildman–Crippen MR) is 80.2 cm³/mol. The van der Waals surface area contributed by atoms with Crippen molar-refractivity contribution in [1.82, 2.24) is 15.4 Å². The number of benzene rings is 1. The fraction of sp³-hybridized carbons (Fsp3) is 0.214. The van der Waals surface area contributed by atoms with Gasteiger partial charge in [-0.1, -0.05) is 58.6 Å². The molecule has 2 heterocycles. The molecule has 9 heteroatoms. The summed E-state index contributed by atoms with van der Waals surface area (Å²) in [5.41, 5.74) is 1.76. The third-order valence-electron chi connectivity index (χ3n) is 2.82. The van der Waals surface area contributed by atoms with Crippen molar-refractivity contribution in [3.05, 3.63) is 58.4 Å². The first kappa shape index (κ1) is 16.0. The Kier molecular flexibility index (Phi) is 4.67. The van der Waals surface area contributed by atoms with Gasteiger partial charge in [0.1, 0.15) is 5.76 Å². The van der Waals surface area contributed by atoms with Crippen molar-refractivity contribution in [2.45, 2.75) is 22.7 Å². The second kappa shape index (κ2) is 6.71. The standard InChI is InChI=1S/C14H10F3N3OS2/c15-14(16,17)12-18-19-13(23-12)22-8-10-7-11(21-20-10)6-9-4-2-1-3-5-9/h1-5,7H,6,8H2. The van der Waals surface area contributed by atoms with E-state index in [2.05, 4.69) is 15.4 Å². The van der Waals surface area contributed by atoms with E-state index < -0.39 is 11.2 Å². The Balaban J connectivity index is 1.58. The van der Waals surface area contributed by atoms with Gasteiger partial charge in [0.2, 0.25) is 5.01 Å². The minimum Gasteiger partial charge on any atom is -0.361 e. The highest BCUT2D eigenvalue weighted by Gasteiger charge is 2.35. The highest BCUT2D eigenvalue weighted by Crippen LogP contribution is 2.35. The average molecular weight is 357 g/mol. The molecule has 0 spiro atoms. The van der Waals surface area contributed by atoms with E-state index in [4.69, 9.17) is 4.52 Å². The molecule has 1 aromatic carbocycles. The van der Waals surface area contributed by atoms with E-state index in [0.29, 0.717) is 35.0 Å². The fourth-order valence-electron chi connectivity index (χ4n) is 1.82. The number of aromatic nitrogens is 3. The minimum absolute atomic E-state index is 0.255. The summed E-state index contributed by atoms with van der Waals surface area (Å²) in [5.74, 6) is 1.09. The minimum atomic E-state index is -4.45. The third-order valence-corrected chi connectivity index (χ3v) is 4.96. The molecule has 4 nitrogen and oxygen atoms in total. The van der Waals surface area contributed by atoms with Crippen LogP contribution in [0.1, 0.15) is 22.0 Å². The first-order chi connectivity index (χ1) is 11.0. The number of hydrogen-bond acceptors (Lipinski definition) is 6. The molecule has 0 bridgehead atoms. The molecular formula is C14H10F3N3OS2. The van der Waals surface area contributed by atoms with Gasteiger partial charge in [0.25, 0.3) is 0 Å². The van der Waals surface area contributed by atoms with Crippen molar-refractivity contribution in [2.75, 3.05) is 0 Å². The maximum absolute atomic E-state index is 12.4. The summed E-state index contributed by atoms with van der Waals surface area (Å²) in [6.07, 6.45) is -3.83. The Bertz CT molecular complexity index is 771. The van der Waals surface area contributed by atoms with Crippen molar-refractivity contribution in [1.29, 1.82) is 0 Å². The van der Waals surface area contributed by atoms with Crippen LogP contribution in [0.3, 0.4) is 0 Å². The van der Waals surface area contributed by atoms with Crippen molar-refractivity contribution in [3.63, 3.8) is 0 Å². The second-order valence-corrected chi connectivity index (χ2v) is 6.81. The number of thioether (sulfide) groups is 1. The molecular weight excluding hydrogens is 347 g/mol. The molecule has 3 rings (SSSR count). The molecule has 23 heavy (non-hydrogen) atoms. The molecule has 0 saturated carbocycles. The van der Waals surface area contributed by atoms with Gasteiger partial charge in [0.15, 0.2) is 4.34 Å². The molecule has 0 aliphatic rings. The highest BCUT2D eigenvalue weighted by molar-refractivity contribution is 8.00. The van der Waals surface area contributed by atoms with Gasteiger partial charge in [0.05, 0.1) is 5.69 Å². The van der Waals surface area contributed by atoms with Gasteiger partial charge < -0.3 is 4.52 Å². The highest BCUT2D eigenvalue weighted by atomic mass is 32.2. The van der Waals surface area contributed by atoms with Gasteiger partial charge in [-0.2, -0.15) is 13.2 Å². The zero-order valence-corrected chi connectivity index (χ0v) is 13.2. The van der Waals surface area contributed by atoms with Gasteiger partial charge in [-0.05, 0) is 5.56 Å². The largest absolute Gasteiger partial charge is 0.445 e. The van der Waals surface area contributed by atoms with E-state index in [9.17, 15) is 13.2 Å². The van der Waals surface area contributed by atoms with E-state index in [1.54, 1.807) is 6.07 Å². The Labute approximate surface area is 137 Å². The molecule has 2 aromatic heterocycles. The van der Waals surface area contributed by atoms with Crippen molar-refractivity contribution in [3.8, 4) is 0 Å². The average Bonchev–Trinajstić information content (AvgIpc) is 3.15. The van der Waals surface area contributed by atoms with Gasteiger partial charge in [-0.15, -0.1) is 10.2 Å². The predicted octanol–water partition coefficient (Wildman–Crippen LogP) is 4.43. The summed E-state index contributed by atoms with van der Waals surface area (Å²) in [5, 5.41) is 9.65. The maximum Gasteiger partial charge on any atom is 0.445 e. The summed E-state index contributed by atoms with van der Waals surface area (Å²) in [6, 6.07) is 11.6. The Morgan fingerprint density at radius 2 is 1.91 bits per heavy atom. The lowest BCUT2D eigenvalue weighted by Gasteiger charge is -1.97. The molecule has 0 aliphatic carbocycles. The summed E-state index contributed by atoms with van der Waals surface area (Å²) in [4.78, 5) is 0. The summed E-state index contributed by atoms with van der Waals surface area (Å²) < 4.78 is 42.8. The van der Waals surface area contributed by atoms with Crippen LogP contribution in [0.4, 0.5) is 13.2 Å². The molecule has 0 atom stereocenters. The number of hydrogen-bond donors (Lipinski definition) is 0. The van der Waals surface area contributed by atoms with E-state index in [1.165, 1.54) is 0 Å². The number of halogens is 3. The van der Waals surface area contributed by atoms with Crippen molar-refractivity contribution >= 4 is 23.1 Å². The van der Waals surface area contributed by atoms with Crippen LogP contribution in [0.2, 0.25) is 0 Å². The van der Waals surface area contributed by atoms with Crippen LogP contribution in [0.5, 0.6) is 0 Å². The molecule has 0 saturated heterocycles. The Morgan fingerprint density at radius 3 is 2.61 bits per heavy atom. The van der Waals surface area contributed by atoms with Crippen LogP contribution in [-0.2, 0) is 18.3 Å². The van der Waals surface area contributed by atoms with Crippen molar-refractivity contribution in [2.24, 2.45) is 0 Å². The molecule has 0 N–H and O–H groups in total. The Hall–Kier alpha value is -1.87. The molecule has 120 valence electrons. The first-order valence-electron chi connectivity index (χ1n) is 6.52. The lowest BCUT2D eigenvalue weighted by atomic mass is 10.1. The van der Waals surface area contributed by atoms with Gasteiger partial charge in [-0.25, -0.2) is 0 Å². The van der Waals surface area contributed by atoms with Crippen molar-refractivity contribution < 1.29 is 17.7 Å². The van der Waals surface area contributed by atoms with Gasteiger partial charge in [0, 0.05) is 18.2 Å². The smallest absolute Gasteiger partial charge is 0.361 e. The lowest BCUT2D eigenvalue weighted by Crippen LogP contribution is -2.03. The van der Waals surface area contributed by atoms with E-state index in [0.717, 1.165) is 17.3 Å². The molecule has 0 fully saturated rings. The molecule has 0 unspecified atom stereocenters. The monoisotopic (exact) mass is 357 g/mol. The molecule has 3 aromatic rings. The quantitative estimate of drug-likeness (QED) is 0.633.